The van der Waals surface area contributed by atoms with Gasteiger partial charge in [-0.1, -0.05) is 23.7 Å². The van der Waals surface area contributed by atoms with Crippen LogP contribution < -0.4 is 10.6 Å². The van der Waals surface area contributed by atoms with Crippen molar-refractivity contribution in [3.63, 3.8) is 0 Å². The van der Waals surface area contributed by atoms with Crippen molar-refractivity contribution in [3.8, 4) is 0 Å². The summed E-state index contributed by atoms with van der Waals surface area (Å²) in [5.74, 6) is -0.807. The molecule has 0 aromatic heterocycles. The van der Waals surface area contributed by atoms with Crippen LogP contribution in [0.3, 0.4) is 0 Å². The number of carbonyl (C=O) groups excluding carboxylic acids is 2. The van der Waals surface area contributed by atoms with Crippen LogP contribution in [0.15, 0.2) is 47.4 Å². The fourth-order valence-corrected chi connectivity index (χ4v) is 4.27. The molecule has 1 aliphatic rings. The average Bonchev–Trinajstić information content (AvgIpc) is 2.65. The Labute approximate surface area is 162 Å². The topological polar surface area (TPSA) is 95.6 Å². The first-order chi connectivity index (χ1) is 12.8. The molecule has 0 aliphatic carbocycles. The summed E-state index contributed by atoms with van der Waals surface area (Å²) in [6.07, 6.45) is 0. The molecule has 0 unspecified atom stereocenters. The minimum absolute atomic E-state index is 0.0354. The van der Waals surface area contributed by atoms with Gasteiger partial charge in [-0.2, -0.15) is 4.31 Å². The number of halogens is 1. The lowest BCUT2D eigenvalue weighted by atomic mass is 10.2. The van der Waals surface area contributed by atoms with Crippen molar-refractivity contribution in [2.45, 2.75) is 11.8 Å². The summed E-state index contributed by atoms with van der Waals surface area (Å²) in [4.78, 5) is 23.9. The number of carbonyl (C=O) groups is 2. The van der Waals surface area contributed by atoms with Gasteiger partial charge in [-0.25, -0.2) is 8.42 Å². The van der Waals surface area contributed by atoms with Gasteiger partial charge in [0, 0.05) is 29.4 Å². The van der Waals surface area contributed by atoms with E-state index in [0.29, 0.717) is 10.7 Å². The Morgan fingerprint density at radius 2 is 2.00 bits per heavy atom. The third kappa shape index (κ3) is 4.29. The summed E-state index contributed by atoms with van der Waals surface area (Å²) < 4.78 is 26.6. The van der Waals surface area contributed by atoms with E-state index in [1.165, 1.54) is 24.3 Å². The van der Waals surface area contributed by atoms with Crippen LogP contribution in [-0.2, 0) is 14.8 Å². The Morgan fingerprint density at radius 1 is 1.22 bits per heavy atom. The molecule has 27 heavy (non-hydrogen) atoms. The Morgan fingerprint density at radius 3 is 2.70 bits per heavy atom. The zero-order chi connectivity index (χ0) is 19.6. The number of nitrogens with one attached hydrogen (secondary N) is 2. The highest BCUT2D eigenvalue weighted by atomic mass is 35.5. The largest absolute Gasteiger partial charge is 0.354 e. The molecule has 1 aliphatic heterocycles. The first-order valence-electron chi connectivity index (χ1n) is 8.22. The number of aryl methyl sites for hydroxylation is 1. The lowest BCUT2D eigenvalue weighted by molar-refractivity contribution is -0.122. The number of sulfonamides is 1. The minimum Gasteiger partial charge on any atom is -0.354 e. The van der Waals surface area contributed by atoms with E-state index in [-0.39, 0.29) is 36.0 Å². The summed E-state index contributed by atoms with van der Waals surface area (Å²) in [6, 6.07) is 10.8. The van der Waals surface area contributed by atoms with Crippen LogP contribution in [0, 0.1) is 6.92 Å². The lowest BCUT2D eigenvalue weighted by Gasteiger charge is -2.26. The van der Waals surface area contributed by atoms with Crippen LogP contribution in [0.2, 0.25) is 5.02 Å². The van der Waals surface area contributed by atoms with E-state index in [0.717, 1.165) is 9.87 Å². The Hall–Kier alpha value is -2.42. The van der Waals surface area contributed by atoms with Crippen LogP contribution >= 0.6 is 11.6 Å². The van der Waals surface area contributed by atoms with Gasteiger partial charge < -0.3 is 10.6 Å². The highest BCUT2D eigenvalue weighted by Crippen LogP contribution is 2.22. The van der Waals surface area contributed by atoms with Crippen molar-refractivity contribution in [2.24, 2.45) is 0 Å². The number of hydrogen-bond acceptors (Lipinski definition) is 4. The SMILES string of the molecule is Cc1ccc(NC(=O)c2cccc(S(=O)(=O)N3CCNC(=O)C3)c2)cc1Cl. The fourth-order valence-electron chi connectivity index (χ4n) is 2.64. The van der Waals surface area contributed by atoms with Crippen LogP contribution in [0.4, 0.5) is 5.69 Å². The molecule has 0 spiro atoms. The van der Waals surface area contributed by atoms with Crippen LogP contribution in [-0.4, -0.2) is 44.2 Å². The zero-order valence-electron chi connectivity index (χ0n) is 14.5. The van der Waals surface area contributed by atoms with Gasteiger partial charge in [-0.05, 0) is 42.8 Å². The highest BCUT2D eigenvalue weighted by Gasteiger charge is 2.29. The first-order valence-corrected chi connectivity index (χ1v) is 10.0. The van der Waals surface area contributed by atoms with Crippen LogP contribution in [0.25, 0.3) is 0 Å². The quantitative estimate of drug-likeness (QED) is 0.810. The van der Waals surface area contributed by atoms with Crippen molar-refractivity contribution in [3.05, 3.63) is 58.6 Å². The molecule has 0 bridgehead atoms. The van der Waals surface area contributed by atoms with E-state index in [1.807, 2.05) is 6.92 Å². The molecular weight excluding hydrogens is 390 g/mol. The van der Waals surface area contributed by atoms with Gasteiger partial charge >= 0.3 is 0 Å². The minimum atomic E-state index is -3.86. The lowest BCUT2D eigenvalue weighted by Crippen LogP contribution is -2.49. The van der Waals surface area contributed by atoms with E-state index in [2.05, 4.69) is 10.6 Å². The van der Waals surface area contributed by atoms with E-state index in [9.17, 15) is 18.0 Å². The maximum Gasteiger partial charge on any atom is 0.255 e. The number of amides is 2. The molecule has 1 heterocycles. The summed E-state index contributed by atoms with van der Waals surface area (Å²) in [7, 11) is -3.86. The normalized spacial score (nSPS) is 15.3. The second-order valence-corrected chi connectivity index (χ2v) is 8.48. The molecule has 0 radical (unpaired) electrons. The van der Waals surface area contributed by atoms with Crippen molar-refractivity contribution in [1.29, 1.82) is 0 Å². The molecule has 2 amide bonds. The van der Waals surface area contributed by atoms with Crippen LogP contribution in [0.5, 0.6) is 0 Å². The molecule has 7 nitrogen and oxygen atoms in total. The molecule has 2 aromatic carbocycles. The van der Waals surface area contributed by atoms with Gasteiger partial charge in [0.25, 0.3) is 5.91 Å². The van der Waals surface area contributed by atoms with E-state index in [4.69, 9.17) is 11.6 Å². The molecule has 0 saturated carbocycles. The second-order valence-electron chi connectivity index (χ2n) is 6.13. The maximum atomic E-state index is 12.7. The number of anilines is 1. The third-order valence-electron chi connectivity index (χ3n) is 4.17. The monoisotopic (exact) mass is 407 g/mol. The molecule has 2 N–H and O–H groups in total. The summed E-state index contributed by atoms with van der Waals surface area (Å²) in [6.45, 7) is 2.06. The summed E-state index contributed by atoms with van der Waals surface area (Å²) in [5.41, 5.74) is 1.58. The Balaban J connectivity index is 1.83. The van der Waals surface area contributed by atoms with Gasteiger partial charge in [0.2, 0.25) is 15.9 Å². The average molecular weight is 408 g/mol. The summed E-state index contributed by atoms with van der Waals surface area (Å²) in [5, 5.41) is 5.80. The maximum absolute atomic E-state index is 12.7. The molecule has 9 heteroatoms. The van der Waals surface area contributed by atoms with Crippen molar-refractivity contribution in [1.82, 2.24) is 9.62 Å². The number of piperazine rings is 1. The molecule has 1 saturated heterocycles. The molecule has 142 valence electrons. The molecular formula is C18H18ClN3O4S. The van der Waals surface area contributed by atoms with Crippen molar-refractivity contribution in [2.75, 3.05) is 25.0 Å². The second kappa shape index (κ2) is 7.67. The zero-order valence-corrected chi connectivity index (χ0v) is 16.1. The van der Waals surface area contributed by atoms with Crippen LogP contribution in [0.1, 0.15) is 15.9 Å². The van der Waals surface area contributed by atoms with Gasteiger partial charge in [0.05, 0.1) is 11.4 Å². The molecule has 2 aromatic rings. The molecule has 3 rings (SSSR count). The van der Waals surface area contributed by atoms with E-state index >= 15 is 0 Å². The van der Waals surface area contributed by atoms with Gasteiger partial charge in [0.1, 0.15) is 0 Å². The highest BCUT2D eigenvalue weighted by molar-refractivity contribution is 7.89. The summed E-state index contributed by atoms with van der Waals surface area (Å²) >= 11 is 6.06. The number of nitrogens with zero attached hydrogens (tertiary/aromatic N) is 1. The number of benzene rings is 2. The predicted octanol–water partition coefficient (Wildman–Crippen LogP) is 2.02. The predicted molar refractivity (Wildman–Crippen MR) is 102 cm³/mol. The Bertz CT molecular complexity index is 1010. The molecule has 0 atom stereocenters. The van der Waals surface area contributed by atoms with Crippen molar-refractivity contribution < 1.29 is 18.0 Å². The van der Waals surface area contributed by atoms with Gasteiger partial charge in [0.15, 0.2) is 0 Å². The van der Waals surface area contributed by atoms with E-state index in [1.54, 1.807) is 18.2 Å². The van der Waals surface area contributed by atoms with Gasteiger partial charge in [-0.3, -0.25) is 9.59 Å². The Kier molecular flexibility index (Phi) is 5.50. The first kappa shape index (κ1) is 19.3. The number of hydrogen-bond donors (Lipinski definition) is 2. The number of rotatable bonds is 4. The van der Waals surface area contributed by atoms with Crippen molar-refractivity contribution >= 4 is 39.1 Å². The molecule has 1 fully saturated rings. The third-order valence-corrected chi connectivity index (χ3v) is 6.42. The van der Waals surface area contributed by atoms with Gasteiger partial charge in [-0.15, -0.1) is 0 Å². The standard InChI is InChI=1S/C18H18ClN3O4S/c1-12-5-6-14(10-16(12)19)21-18(24)13-3-2-4-15(9-13)27(25,26)22-8-7-20-17(23)11-22/h2-6,9-10H,7-8,11H2,1H3,(H,20,23)(H,21,24). The van der Waals surface area contributed by atoms with E-state index < -0.39 is 15.9 Å². The fraction of sp³-hybridized carbons (Fsp3) is 0.222. The smallest absolute Gasteiger partial charge is 0.255 e.